The Hall–Kier alpha value is -2.93. The first-order valence-electron chi connectivity index (χ1n) is 9.02. The molecule has 0 aromatic heterocycles. The van der Waals surface area contributed by atoms with Crippen LogP contribution >= 0.6 is 11.6 Å². The molecule has 0 atom stereocenters. The maximum Gasteiger partial charge on any atom is 0.258 e. The Bertz CT molecular complexity index is 862. The molecule has 2 rings (SSSR count). The third-order valence-electron chi connectivity index (χ3n) is 4.16. The Labute approximate surface area is 175 Å². The van der Waals surface area contributed by atoms with Gasteiger partial charge in [0.05, 0.1) is 14.2 Å². The van der Waals surface area contributed by atoms with Crippen molar-refractivity contribution in [1.29, 1.82) is 0 Å². The Morgan fingerprint density at radius 2 is 1.55 bits per heavy atom. The topological polar surface area (TPSA) is 85.9 Å². The number of hydrogen-bond acceptors (Lipinski definition) is 5. The van der Waals surface area contributed by atoms with E-state index in [1.54, 1.807) is 30.3 Å². The van der Waals surface area contributed by atoms with Crippen LogP contribution in [0.1, 0.15) is 21.5 Å². The highest BCUT2D eigenvalue weighted by molar-refractivity contribution is 6.32. The van der Waals surface area contributed by atoms with Crippen LogP contribution in [0.4, 0.5) is 0 Å². The van der Waals surface area contributed by atoms with Gasteiger partial charge in [-0.15, -0.1) is 0 Å². The maximum atomic E-state index is 12.2. The number of halogens is 1. The summed E-state index contributed by atoms with van der Waals surface area (Å²) in [7, 11) is 3.03. The molecule has 2 aromatic carbocycles. The molecule has 29 heavy (non-hydrogen) atoms. The van der Waals surface area contributed by atoms with Crippen LogP contribution in [-0.2, 0) is 4.79 Å². The van der Waals surface area contributed by atoms with Crippen LogP contribution in [0.15, 0.2) is 30.3 Å². The standard InChI is InChI=1S/C21H25ClN2O5/c1-13-9-16(10-14(2)20(13)22)29-12-19(25)23-7-8-24-21(26)15-5-6-17(27-3)18(11-15)28-4/h5-6,9-11H,7-8,12H2,1-4H3,(H,23,25)(H,24,26). The van der Waals surface area contributed by atoms with Crippen LogP contribution in [0, 0.1) is 13.8 Å². The van der Waals surface area contributed by atoms with E-state index in [2.05, 4.69) is 10.6 Å². The number of ether oxygens (including phenoxy) is 3. The van der Waals surface area contributed by atoms with Crippen molar-refractivity contribution in [1.82, 2.24) is 10.6 Å². The van der Waals surface area contributed by atoms with E-state index in [4.69, 9.17) is 25.8 Å². The summed E-state index contributed by atoms with van der Waals surface area (Å²) in [6, 6.07) is 8.46. The molecule has 0 unspecified atom stereocenters. The summed E-state index contributed by atoms with van der Waals surface area (Å²) < 4.78 is 15.8. The van der Waals surface area contributed by atoms with Crippen molar-refractivity contribution in [2.24, 2.45) is 0 Å². The van der Waals surface area contributed by atoms with Crippen LogP contribution in [0.25, 0.3) is 0 Å². The average molecular weight is 421 g/mol. The smallest absolute Gasteiger partial charge is 0.258 e. The summed E-state index contributed by atoms with van der Waals surface area (Å²) in [5.74, 6) is 1.04. The van der Waals surface area contributed by atoms with Crippen molar-refractivity contribution >= 4 is 23.4 Å². The lowest BCUT2D eigenvalue weighted by Gasteiger charge is -2.11. The van der Waals surface area contributed by atoms with Gasteiger partial charge in [-0.1, -0.05) is 11.6 Å². The van der Waals surface area contributed by atoms with Crippen LogP contribution in [-0.4, -0.2) is 45.7 Å². The predicted octanol–water partition coefficient (Wildman–Crippen LogP) is 2.90. The Kier molecular flexibility index (Phi) is 8.15. The summed E-state index contributed by atoms with van der Waals surface area (Å²) in [5.41, 5.74) is 2.21. The summed E-state index contributed by atoms with van der Waals surface area (Å²) >= 11 is 6.12. The summed E-state index contributed by atoms with van der Waals surface area (Å²) in [4.78, 5) is 24.1. The number of aryl methyl sites for hydroxylation is 2. The lowest BCUT2D eigenvalue weighted by atomic mass is 10.1. The summed E-state index contributed by atoms with van der Waals surface area (Å²) in [6.45, 7) is 4.19. The van der Waals surface area contributed by atoms with Gasteiger partial charge in [0.2, 0.25) is 0 Å². The van der Waals surface area contributed by atoms with Crippen molar-refractivity contribution in [3.8, 4) is 17.2 Å². The van der Waals surface area contributed by atoms with Crippen LogP contribution < -0.4 is 24.8 Å². The first-order chi connectivity index (χ1) is 13.8. The van der Waals surface area contributed by atoms with E-state index in [0.717, 1.165) is 11.1 Å². The number of amides is 2. The molecule has 2 N–H and O–H groups in total. The predicted molar refractivity (Wildman–Crippen MR) is 111 cm³/mol. The lowest BCUT2D eigenvalue weighted by Crippen LogP contribution is -2.36. The Morgan fingerprint density at radius 1 is 0.931 bits per heavy atom. The highest BCUT2D eigenvalue weighted by Crippen LogP contribution is 2.27. The van der Waals surface area contributed by atoms with Gasteiger partial charge in [-0.3, -0.25) is 9.59 Å². The monoisotopic (exact) mass is 420 g/mol. The number of carbonyl (C=O) groups is 2. The molecule has 0 aliphatic heterocycles. The number of rotatable bonds is 9. The van der Waals surface area contributed by atoms with Crippen LogP contribution in [0.3, 0.4) is 0 Å². The second-order valence-corrected chi connectivity index (χ2v) is 6.71. The molecule has 2 amide bonds. The average Bonchev–Trinajstić information content (AvgIpc) is 2.72. The first-order valence-corrected chi connectivity index (χ1v) is 9.40. The zero-order chi connectivity index (χ0) is 21.4. The van der Waals surface area contributed by atoms with Gasteiger partial charge in [0, 0.05) is 23.7 Å². The minimum absolute atomic E-state index is 0.121. The number of hydrogen-bond donors (Lipinski definition) is 2. The maximum absolute atomic E-state index is 12.2. The number of carbonyl (C=O) groups excluding carboxylic acids is 2. The van der Waals surface area contributed by atoms with Crippen molar-refractivity contribution in [3.63, 3.8) is 0 Å². The normalized spacial score (nSPS) is 10.2. The molecule has 156 valence electrons. The van der Waals surface area contributed by atoms with E-state index in [1.165, 1.54) is 14.2 Å². The molecule has 0 bridgehead atoms. The molecular weight excluding hydrogens is 396 g/mol. The molecule has 0 saturated carbocycles. The fourth-order valence-electron chi connectivity index (χ4n) is 2.65. The number of nitrogens with one attached hydrogen (secondary N) is 2. The van der Waals surface area contributed by atoms with Crippen molar-refractivity contribution < 1.29 is 23.8 Å². The van der Waals surface area contributed by atoms with Gasteiger partial charge in [0.1, 0.15) is 5.75 Å². The highest BCUT2D eigenvalue weighted by atomic mass is 35.5. The second kappa shape index (κ2) is 10.6. The largest absolute Gasteiger partial charge is 0.493 e. The van der Waals surface area contributed by atoms with Crippen molar-refractivity contribution in [2.45, 2.75) is 13.8 Å². The fraction of sp³-hybridized carbons (Fsp3) is 0.333. The van der Waals surface area contributed by atoms with E-state index in [9.17, 15) is 9.59 Å². The Balaban J connectivity index is 1.74. The van der Waals surface area contributed by atoms with Gasteiger partial charge in [0.25, 0.3) is 11.8 Å². The summed E-state index contributed by atoms with van der Waals surface area (Å²) in [5, 5.41) is 6.11. The summed E-state index contributed by atoms with van der Waals surface area (Å²) in [6.07, 6.45) is 0. The first kappa shape index (κ1) is 22.4. The van der Waals surface area contributed by atoms with Crippen LogP contribution in [0.2, 0.25) is 5.02 Å². The molecule has 2 aromatic rings. The SMILES string of the molecule is COc1ccc(C(=O)NCCNC(=O)COc2cc(C)c(Cl)c(C)c2)cc1OC. The van der Waals surface area contributed by atoms with E-state index < -0.39 is 0 Å². The minimum Gasteiger partial charge on any atom is -0.493 e. The molecule has 7 nitrogen and oxygen atoms in total. The number of benzene rings is 2. The zero-order valence-electron chi connectivity index (χ0n) is 16.9. The van der Waals surface area contributed by atoms with Gasteiger partial charge in [0.15, 0.2) is 18.1 Å². The third-order valence-corrected chi connectivity index (χ3v) is 4.75. The van der Waals surface area contributed by atoms with E-state index >= 15 is 0 Å². The van der Waals surface area contributed by atoms with Gasteiger partial charge >= 0.3 is 0 Å². The molecule has 0 radical (unpaired) electrons. The van der Waals surface area contributed by atoms with E-state index in [0.29, 0.717) is 27.8 Å². The Morgan fingerprint density at radius 3 is 2.17 bits per heavy atom. The zero-order valence-corrected chi connectivity index (χ0v) is 17.7. The van der Waals surface area contributed by atoms with Gasteiger partial charge in [-0.25, -0.2) is 0 Å². The fourth-order valence-corrected chi connectivity index (χ4v) is 2.76. The number of methoxy groups -OCH3 is 2. The highest BCUT2D eigenvalue weighted by Gasteiger charge is 2.11. The molecule has 8 heteroatoms. The molecule has 0 heterocycles. The molecule has 0 aliphatic rings. The van der Waals surface area contributed by atoms with Gasteiger partial charge in [-0.2, -0.15) is 0 Å². The van der Waals surface area contributed by atoms with Gasteiger partial charge in [-0.05, 0) is 55.3 Å². The lowest BCUT2D eigenvalue weighted by molar-refractivity contribution is -0.123. The van der Waals surface area contributed by atoms with Crippen molar-refractivity contribution in [2.75, 3.05) is 33.9 Å². The van der Waals surface area contributed by atoms with Gasteiger partial charge < -0.3 is 24.8 Å². The van der Waals surface area contributed by atoms with Crippen molar-refractivity contribution in [3.05, 3.63) is 52.0 Å². The van der Waals surface area contributed by atoms with E-state index in [1.807, 2.05) is 13.8 Å². The molecule has 0 aliphatic carbocycles. The molecule has 0 spiro atoms. The second-order valence-electron chi connectivity index (χ2n) is 6.34. The van der Waals surface area contributed by atoms with Crippen LogP contribution in [0.5, 0.6) is 17.2 Å². The third kappa shape index (κ3) is 6.29. The molecule has 0 saturated heterocycles. The molecular formula is C21H25ClN2O5. The van der Waals surface area contributed by atoms with E-state index in [-0.39, 0.29) is 31.5 Å². The molecule has 0 fully saturated rings. The quantitative estimate of drug-likeness (QED) is 0.609. The minimum atomic E-state index is -0.282.